The first-order chi connectivity index (χ1) is 5.47. The maximum Gasteiger partial charge on any atom is 0.143 e. The van der Waals surface area contributed by atoms with Crippen LogP contribution in [0.25, 0.3) is 0 Å². The Morgan fingerprint density at radius 1 is 1.67 bits per heavy atom. The SMILES string of the molecule is Cc1nn(C(C)(C)C#N)cc1Br. The van der Waals surface area contributed by atoms with Gasteiger partial charge in [-0.05, 0) is 36.7 Å². The molecule has 0 aromatic carbocycles. The van der Waals surface area contributed by atoms with Gasteiger partial charge in [0.2, 0.25) is 0 Å². The fourth-order valence-corrected chi connectivity index (χ4v) is 1.05. The van der Waals surface area contributed by atoms with Gasteiger partial charge in [0.05, 0.1) is 16.2 Å². The lowest BCUT2D eigenvalue weighted by Crippen LogP contribution is -2.24. The Hall–Kier alpha value is -0.820. The van der Waals surface area contributed by atoms with Crippen LogP contribution in [0.1, 0.15) is 19.5 Å². The highest BCUT2D eigenvalue weighted by Gasteiger charge is 2.20. The number of hydrogen-bond acceptors (Lipinski definition) is 2. The average molecular weight is 228 g/mol. The zero-order valence-electron chi connectivity index (χ0n) is 7.30. The minimum atomic E-state index is -0.573. The quantitative estimate of drug-likeness (QED) is 0.739. The number of halogens is 1. The van der Waals surface area contributed by atoms with Crippen molar-refractivity contribution in [3.05, 3.63) is 16.4 Å². The van der Waals surface area contributed by atoms with Gasteiger partial charge in [-0.1, -0.05) is 0 Å². The fourth-order valence-electron chi connectivity index (χ4n) is 0.777. The minimum absolute atomic E-state index is 0.573. The van der Waals surface area contributed by atoms with Gasteiger partial charge in [-0.25, -0.2) is 0 Å². The molecule has 0 amide bonds. The van der Waals surface area contributed by atoms with Crippen molar-refractivity contribution in [1.29, 1.82) is 5.26 Å². The first-order valence-electron chi connectivity index (χ1n) is 3.61. The van der Waals surface area contributed by atoms with Gasteiger partial charge in [-0.3, -0.25) is 4.68 Å². The summed E-state index contributed by atoms with van der Waals surface area (Å²) in [7, 11) is 0. The van der Waals surface area contributed by atoms with Gasteiger partial charge in [-0.15, -0.1) is 0 Å². The second-order valence-electron chi connectivity index (χ2n) is 3.18. The number of rotatable bonds is 1. The van der Waals surface area contributed by atoms with E-state index in [9.17, 15) is 0 Å². The lowest BCUT2D eigenvalue weighted by Gasteiger charge is -2.15. The highest BCUT2D eigenvalue weighted by Crippen LogP contribution is 2.19. The molecule has 1 aromatic rings. The number of aryl methyl sites for hydroxylation is 1. The fraction of sp³-hybridized carbons (Fsp3) is 0.500. The van der Waals surface area contributed by atoms with E-state index in [4.69, 9.17) is 5.26 Å². The predicted octanol–water partition coefficient (Wildman–Crippen LogP) is 2.21. The summed E-state index contributed by atoms with van der Waals surface area (Å²) in [6, 6.07) is 2.18. The van der Waals surface area contributed by atoms with Crippen LogP contribution in [0.15, 0.2) is 10.7 Å². The second kappa shape index (κ2) is 2.91. The van der Waals surface area contributed by atoms with Crippen LogP contribution in [-0.2, 0) is 5.54 Å². The van der Waals surface area contributed by atoms with Crippen LogP contribution in [0.3, 0.4) is 0 Å². The maximum absolute atomic E-state index is 8.82. The molecule has 3 nitrogen and oxygen atoms in total. The Balaban J connectivity index is 3.14. The van der Waals surface area contributed by atoms with Crippen LogP contribution >= 0.6 is 15.9 Å². The molecule has 1 rings (SSSR count). The van der Waals surface area contributed by atoms with Gasteiger partial charge >= 0.3 is 0 Å². The number of aromatic nitrogens is 2. The lowest BCUT2D eigenvalue weighted by atomic mass is 10.1. The van der Waals surface area contributed by atoms with Crippen LogP contribution in [0.2, 0.25) is 0 Å². The molecule has 0 unspecified atom stereocenters. The van der Waals surface area contributed by atoms with E-state index in [2.05, 4.69) is 27.1 Å². The molecule has 0 fully saturated rings. The maximum atomic E-state index is 8.82. The van der Waals surface area contributed by atoms with Crippen molar-refractivity contribution >= 4 is 15.9 Å². The molecule has 0 aliphatic heterocycles. The Labute approximate surface area is 80.1 Å². The van der Waals surface area contributed by atoms with Crippen molar-refractivity contribution in [2.75, 3.05) is 0 Å². The third-order valence-corrected chi connectivity index (χ3v) is 2.46. The minimum Gasteiger partial charge on any atom is -0.252 e. The van der Waals surface area contributed by atoms with Gasteiger partial charge in [-0.2, -0.15) is 10.4 Å². The summed E-state index contributed by atoms with van der Waals surface area (Å²) < 4.78 is 2.60. The molecule has 0 radical (unpaired) electrons. The molecular formula is C8H10BrN3. The van der Waals surface area contributed by atoms with Gasteiger partial charge in [0, 0.05) is 6.20 Å². The molecule has 64 valence electrons. The van der Waals surface area contributed by atoms with Gasteiger partial charge < -0.3 is 0 Å². The molecule has 0 atom stereocenters. The molecule has 1 heterocycles. The number of nitrogens with zero attached hydrogens (tertiary/aromatic N) is 3. The smallest absolute Gasteiger partial charge is 0.143 e. The van der Waals surface area contributed by atoms with Crippen LogP contribution in [0.5, 0.6) is 0 Å². The van der Waals surface area contributed by atoms with E-state index < -0.39 is 5.54 Å². The average Bonchev–Trinajstić information content (AvgIpc) is 2.33. The normalized spacial score (nSPS) is 11.2. The summed E-state index contributed by atoms with van der Waals surface area (Å²) in [5.41, 5.74) is 0.329. The summed E-state index contributed by atoms with van der Waals surface area (Å²) in [4.78, 5) is 0. The van der Waals surface area contributed by atoms with E-state index >= 15 is 0 Å². The van der Waals surface area contributed by atoms with Crippen molar-refractivity contribution < 1.29 is 0 Å². The van der Waals surface area contributed by atoms with Crippen LogP contribution in [0.4, 0.5) is 0 Å². The Kier molecular flexibility index (Phi) is 2.25. The van der Waals surface area contributed by atoms with Crippen molar-refractivity contribution in [2.45, 2.75) is 26.3 Å². The molecule has 12 heavy (non-hydrogen) atoms. The largest absolute Gasteiger partial charge is 0.252 e. The summed E-state index contributed by atoms with van der Waals surface area (Å²) in [6.45, 7) is 5.55. The molecule has 0 aliphatic carbocycles. The van der Waals surface area contributed by atoms with Crippen LogP contribution < -0.4 is 0 Å². The van der Waals surface area contributed by atoms with E-state index in [1.54, 1.807) is 4.68 Å². The Morgan fingerprint density at radius 3 is 2.58 bits per heavy atom. The van der Waals surface area contributed by atoms with E-state index in [0.29, 0.717) is 0 Å². The van der Waals surface area contributed by atoms with Crippen LogP contribution in [0, 0.1) is 18.3 Å². The van der Waals surface area contributed by atoms with E-state index in [1.165, 1.54) is 0 Å². The van der Waals surface area contributed by atoms with Crippen molar-refractivity contribution in [3.8, 4) is 6.07 Å². The third kappa shape index (κ3) is 1.51. The second-order valence-corrected chi connectivity index (χ2v) is 4.03. The van der Waals surface area contributed by atoms with E-state index in [0.717, 1.165) is 10.2 Å². The summed E-state index contributed by atoms with van der Waals surface area (Å²) >= 11 is 3.34. The summed E-state index contributed by atoms with van der Waals surface area (Å²) in [5, 5.41) is 13.0. The molecular weight excluding hydrogens is 218 g/mol. The molecule has 0 saturated carbocycles. The molecule has 0 N–H and O–H groups in total. The van der Waals surface area contributed by atoms with E-state index in [1.807, 2.05) is 27.0 Å². The molecule has 0 saturated heterocycles. The molecule has 0 bridgehead atoms. The van der Waals surface area contributed by atoms with E-state index in [-0.39, 0.29) is 0 Å². The number of hydrogen-bond donors (Lipinski definition) is 0. The molecule has 0 spiro atoms. The van der Waals surface area contributed by atoms with Crippen LogP contribution in [-0.4, -0.2) is 9.78 Å². The van der Waals surface area contributed by atoms with Gasteiger partial charge in [0.25, 0.3) is 0 Å². The predicted molar refractivity (Wildman–Crippen MR) is 49.6 cm³/mol. The van der Waals surface area contributed by atoms with Crippen molar-refractivity contribution in [2.24, 2.45) is 0 Å². The monoisotopic (exact) mass is 227 g/mol. The zero-order valence-corrected chi connectivity index (χ0v) is 8.88. The van der Waals surface area contributed by atoms with Crippen molar-refractivity contribution in [1.82, 2.24) is 9.78 Å². The highest BCUT2D eigenvalue weighted by atomic mass is 79.9. The molecule has 0 aliphatic rings. The first kappa shape index (κ1) is 9.27. The zero-order chi connectivity index (χ0) is 9.35. The molecule has 4 heteroatoms. The topological polar surface area (TPSA) is 41.6 Å². The van der Waals surface area contributed by atoms with Gasteiger partial charge in [0.1, 0.15) is 5.54 Å². The number of nitriles is 1. The summed E-state index contributed by atoms with van der Waals surface area (Å²) in [5.74, 6) is 0. The first-order valence-corrected chi connectivity index (χ1v) is 4.40. The van der Waals surface area contributed by atoms with Gasteiger partial charge in [0.15, 0.2) is 0 Å². The lowest BCUT2D eigenvalue weighted by molar-refractivity contribution is 0.416. The Morgan fingerprint density at radius 2 is 2.25 bits per heavy atom. The third-order valence-electron chi connectivity index (χ3n) is 1.69. The highest BCUT2D eigenvalue weighted by molar-refractivity contribution is 9.10. The summed E-state index contributed by atoms with van der Waals surface area (Å²) in [6.07, 6.45) is 1.82. The van der Waals surface area contributed by atoms with Crippen molar-refractivity contribution in [3.63, 3.8) is 0 Å². The Bertz CT molecular complexity index is 313. The standard InChI is InChI=1S/C8H10BrN3/c1-6-7(9)4-12(11-6)8(2,3)5-10/h4H,1-3H3. The molecule has 1 aromatic heterocycles.